The Hall–Kier alpha value is -0.560. The summed E-state index contributed by atoms with van der Waals surface area (Å²) in [5, 5.41) is 9.22. The molecule has 1 saturated heterocycles. The third-order valence-corrected chi connectivity index (χ3v) is 3.00. The van der Waals surface area contributed by atoms with Crippen LogP contribution in [0.1, 0.15) is 18.5 Å². The summed E-state index contributed by atoms with van der Waals surface area (Å²) in [5.74, 6) is 0. The third-order valence-electron chi connectivity index (χ3n) is 2.45. The lowest BCUT2D eigenvalue weighted by Gasteiger charge is -2.09. The molecule has 1 aromatic heterocycles. The SMILES string of the molecule is c1snnc1CNCCCOC1CCOC1. The second-order valence-corrected chi connectivity index (χ2v) is 4.39. The first kappa shape index (κ1) is 11.9. The van der Waals surface area contributed by atoms with E-state index in [1.165, 1.54) is 11.5 Å². The number of nitrogens with one attached hydrogen (secondary N) is 1. The zero-order valence-electron chi connectivity index (χ0n) is 9.22. The lowest BCUT2D eigenvalue weighted by atomic mass is 10.3. The van der Waals surface area contributed by atoms with E-state index in [9.17, 15) is 0 Å². The van der Waals surface area contributed by atoms with Gasteiger partial charge in [0.1, 0.15) is 0 Å². The third kappa shape index (κ3) is 4.13. The van der Waals surface area contributed by atoms with Gasteiger partial charge in [-0.3, -0.25) is 0 Å². The van der Waals surface area contributed by atoms with E-state index in [2.05, 4.69) is 14.9 Å². The average Bonchev–Trinajstić information content (AvgIpc) is 2.96. The van der Waals surface area contributed by atoms with Crippen molar-refractivity contribution in [3.63, 3.8) is 0 Å². The van der Waals surface area contributed by atoms with Crippen LogP contribution in [0.25, 0.3) is 0 Å². The Bertz CT molecular complexity index is 276. The van der Waals surface area contributed by atoms with Gasteiger partial charge in [0, 0.05) is 25.1 Å². The van der Waals surface area contributed by atoms with Crippen LogP contribution in [-0.2, 0) is 16.0 Å². The molecule has 1 aromatic rings. The molecule has 0 amide bonds. The van der Waals surface area contributed by atoms with E-state index in [0.29, 0.717) is 6.10 Å². The predicted octanol–water partition coefficient (Wildman–Crippen LogP) is 0.823. The Morgan fingerprint density at radius 3 is 3.38 bits per heavy atom. The van der Waals surface area contributed by atoms with Crippen molar-refractivity contribution in [2.45, 2.75) is 25.5 Å². The largest absolute Gasteiger partial charge is 0.379 e. The molecule has 0 spiro atoms. The molecule has 90 valence electrons. The number of aromatic nitrogens is 2. The Balaban J connectivity index is 1.43. The summed E-state index contributed by atoms with van der Waals surface area (Å²) in [6, 6.07) is 0. The molecule has 0 bridgehead atoms. The van der Waals surface area contributed by atoms with Crippen molar-refractivity contribution in [2.24, 2.45) is 0 Å². The highest BCUT2D eigenvalue weighted by atomic mass is 32.1. The molecule has 1 fully saturated rings. The quantitative estimate of drug-likeness (QED) is 0.719. The summed E-state index contributed by atoms with van der Waals surface area (Å²) in [7, 11) is 0. The fraction of sp³-hybridized carbons (Fsp3) is 0.800. The second kappa shape index (κ2) is 6.90. The molecule has 6 heteroatoms. The van der Waals surface area contributed by atoms with Crippen LogP contribution in [0.2, 0.25) is 0 Å². The first-order valence-electron chi connectivity index (χ1n) is 5.61. The lowest BCUT2D eigenvalue weighted by molar-refractivity contribution is 0.0416. The van der Waals surface area contributed by atoms with E-state index in [4.69, 9.17) is 9.47 Å². The van der Waals surface area contributed by atoms with Crippen LogP contribution in [0, 0.1) is 0 Å². The van der Waals surface area contributed by atoms with E-state index in [1.807, 2.05) is 5.38 Å². The normalized spacial score (nSPS) is 20.4. The van der Waals surface area contributed by atoms with Gasteiger partial charge in [0.15, 0.2) is 0 Å². The molecule has 16 heavy (non-hydrogen) atoms. The highest BCUT2D eigenvalue weighted by Crippen LogP contribution is 2.07. The first-order valence-corrected chi connectivity index (χ1v) is 6.45. The van der Waals surface area contributed by atoms with Crippen molar-refractivity contribution >= 4 is 11.5 Å². The zero-order valence-corrected chi connectivity index (χ0v) is 10.0. The number of rotatable bonds is 7. The maximum absolute atomic E-state index is 5.65. The average molecular weight is 243 g/mol. The van der Waals surface area contributed by atoms with Gasteiger partial charge in [-0.1, -0.05) is 4.49 Å². The topological polar surface area (TPSA) is 56.3 Å². The lowest BCUT2D eigenvalue weighted by Crippen LogP contribution is -2.19. The van der Waals surface area contributed by atoms with E-state index in [0.717, 1.165) is 51.4 Å². The molecular weight excluding hydrogens is 226 g/mol. The molecule has 5 nitrogen and oxygen atoms in total. The van der Waals surface area contributed by atoms with E-state index in [-0.39, 0.29) is 0 Å². The summed E-state index contributed by atoms with van der Waals surface area (Å²) in [6.07, 6.45) is 2.38. The number of hydrogen-bond donors (Lipinski definition) is 1. The smallest absolute Gasteiger partial charge is 0.0893 e. The zero-order chi connectivity index (χ0) is 11.1. The molecular formula is C10H17N3O2S. The molecule has 0 saturated carbocycles. The van der Waals surface area contributed by atoms with Crippen molar-refractivity contribution in [3.05, 3.63) is 11.1 Å². The fourth-order valence-electron chi connectivity index (χ4n) is 1.57. The Labute approximate surface area is 99.3 Å². The van der Waals surface area contributed by atoms with Crippen molar-refractivity contribution < 1.29 is 9.47 Å². The van der Waals surface area contributed by atoms with Gasteiger partial charge in [0.25, 0.3) is 0 Å². The monoisotopic (exact) mass is 243 g/mol. The Morgan fingerprint density at radius 2 is 2.62 bits per heavy atom. The van der Waals surface area contributed by atoms with Gasteiger partial charge in [-0.2, -0.15) is 0 Å². The molecule has 2 heterocycles. The molecule has 2 rings (SSSR count). The van der Waals surface area contributed by atoms with Crippen LogP contribution in [0.5, 0.6) is 0 Å². The molecule has 1 aliphatic heterocycles. The molecule has 1 unspecified atom stereocenters. The van der Waals surface area contributed by atoms with Crippen LogP contribution in [-0.4, -0.2) is 42.1 Å². The van der Waals surface area contributed by atoms with Gasteiger partial charge in [-0.15, -0.1) is 5.10 Å². The summed E-state index contributed by atoms with van der Waals surface area (Å²) in [4.78, 5) is 0. The van der Waals surface area contributed by atoms with Gasteiger partial charge in [0.2, 0.25) is 0 Å². The second-order valence-electron chi connectivity index (χ2n) is 3.78. The summed E-state index contributed by atoms with van der Waals surface area (Å²) in [6.45, 7) is 4.15. The first-order chi connectivity index (χ1) is 7.95. The predicted molar refractivity (Wildman–Crippen MR) is 61.4 cm³/mol. The highest BCUT2D eigenvalue weighted by Gasteiger charge is 2.15. The molecule has 0 aromatic carbocycles. The number of hydrogen-bond acceptors (Lipinski definition) is 6. The summed E-state index contributed by atoms with van der Waals surface area (Å²) < 4.78 is 14.7. The van der Waals surface area contributed by atoms with E-state index in [1.54, 1.807) is 0 Å². The number of nitrogens with zero attached hydrogens (tertiary/aromatic N) is 2. The minimum atomic E-state index is 0.322. The van der Waals surface area contributed by atoms with Crippen molar-refractivity contribution in [3.8, 4) is 0 Å². The summed E-state index contributed by atoms with van der Waals surface area (Å²) in [5.41, 5.74) is 1.01. The molecule has 1 N–H and O–H groups in total. The Morgan fingerprint density at radius 1 is 1.62 bits per heavy atom. The standard InChI is InChI=1S/C10H17N3O2S/c1(4-15-10-2-5-14-7-10)3-11-6-9-8-16-13-12-9/h8,10-11H,1-7H2. The maximum Gasteiger partial charge on any atom is 0.0893 e. The maximum atomic E-state index is 5.65. The van der Waals surface area contributed by atoms with Crippen LogP contribution in [0.4, 0.5) is 0 Å². The molecule has 1 aliphatic rings. The van der Waals surface area contributed by atoms with E-state index < -0.39 is 0 Å². The molecule has 0 aliphatic carbocycles. The van der Waals surface area contributed by atoms with Crippen LogP contribution >= 0.6 is 11.5 Å². The van der Waals surface area contributed by atoms with Gasteiger partial charge in [-0.25, -0.2) is 0 Å². The van der Waals surface area contributed by atoms with Crippen molar-refractivity contribution in [1.29, 1.82) is 0 Å². The van der Waals surface area contributed by atoms with Gasteiger partial charge in [0.05, 0.1) is 18.4 Å². The highest BCUT2D eigenvalue weighted by molar-refractivity contribution is 7.03. The van der Waals surface area contributed by atoms with Gasteiger partial charge in [-0.05, 0) is 30.9 Å². The van der Waals surface area contributed by atoms with Gasteiger partial charge < -0.3 is 14.8 Å². The van der Waals surface area contributed by atoms with Crippen molar-refractivity contribution in [1.82, 2.24) is 14.9 Å². The summed E-state index contributed by atoms with van der Waals surface area (Å²) >= 11 is 1.39. The van der Waals surface area contributed by atoms with E-state index >= 15 is 0 Å². The van der Waals surface area contributed by atoms with Crippen LogP contribution in [0.3, 0.4) is 0 Å². The van der Waals surface area contributed by atoms with Crippen LogP contribution < -0.4 is 5.32 Å². The number of ether oxygens (including phenoxy) is 2. The van der Waals surface area contributed by atoms with Gasteiger partial charge >= 0.3 is 0 Å². The minimum absolute atomic E-state index is 0.322. The van der Waals surface area contributed by atoms with Crippen molar-refractivity contribution in [2.75, 3.05) is 26.4 Å². The fourth-order valence-corrected chi connectivity index (χ4v) is 2.02. The van der Waals surface area contributed by atoms with Crippen LogP contribution in [0.15, 0.2) is 5.38 Å². The minimum Gasteiger partial charge on any atom is -0.379 e. The molecule has 1 atom stereocenters. The molecule has 0 radical (unpaired) electrons. The Kier molecular flexibility index (Phi) is 5.14.